The van der Waals surface area contributed by atoms with Crippen molar-refractivity contribution < 1.29 is 5.11 Å². The molecule has 80 valence electrons. The molecule has 0 saturated carbocycles. The minimum atomic E-state index is 0.197. The summed E-state index contributed by atoms with van der Waals surface area (Å²) in [4.78, 5) is 8.22. The van der Waals surface area contributed by atoms with Crippen molar-refractivity contribution in [3.05, 3.63) is 52.6 Å². The molecular formula is C12H9BrN2O. The molecule has 0 radical (unpaired) electrons. The Morgan fingerprint density at radius 1 is 1.25 bits per heavy atom. The third-order valence-corrected chi connectivity index (χ3v) is 2.47. The van der Waals surface area contributed by atoms with Gasteiger partial charge in [-0.3, -0.25) is 0 Å². The van der Waals surface area contributed by atoms with Crippen LogP contribution in [-0.4, -0.2) is 16.3 Å². The van der Waals surface area contributed by atoms with Crippen molar-refractivity contribution in [3.8, 4) is 5.75 Å². The Labute approximate surface area is 102 Å². The summed E-state index contributed by atoms with van der Waals surface area (Å²) in [5, 5.41) is 9.58. The molecule has 0 atom stereocenters. The zero-order chi connectivity index (χ0) is 11.4. The fourth-order valence-electron chi connectivity index (χ4n) is 1.19. The van der Waals surface area contributed by atoms with Crippen molar-refractivity contribution in [3.63, 3.8) is 0 Å². The molecule has 1 N–H and O–H groups in total. The number of phenols is 1. The van der Waals surface area contributed by atoms with Gasteiger partial charge in [-0.15, -0.1) is 0 Å². The summed E-state index contributed by atoms with van der Waals surface area (Å²) < 4.78 is 0.896. The second kappa shape index (κ2) is 4.90. The van der Waals surface area contributed by atoms with Crippen molar-refractivity contribution in [2.75, 3.05) is 0 Å². The minimum Gasteiger partial charge on any atom is -0.507 e. The maximum atomic E-state index is 9.58. The van der Waals surface area contributed by atoms with Crippen molar-refractivity contribution in [2.45, 2.75) is 0 Å². The van der Waals surface area contributed by atoms with Gasteiger partial charge < -0.3 is 5.11 Å². The average molecular weight is 277 g/mol. The number of aliphatic imine (C=N–C) groups is 1. The molecule has 0 saturated heterocycles. The molecule has 1 aromatic heterocycles. The lowest BCUT2D eigenvalue weighted by Crippen LogP contribution is -1.82. The van der Waals surface area contributed by atoms with Crippen molar-refractivity contribution in [2.24, 2.45) is 4.99 Å². The highest BCUT2D eigenvalue weighted by Crippen LogP contribution is 2.20. The summed E-state index contributed by atoms with van der Waals surface area (Å²) in [6.45, 7) is 0. The van der Waals surface area contributed by atoms with Crippen molar-refractivity contribution in [1.29, 1.82) is 0 Å². The standard InChI is InChI=1S/C12H9BrN2O/c13-10-4-5-11(16)9(7-10)8-15-12-3-1-2-6-14-12/h1-8,16H. The van der Waals surface area contributed by atoms with E-state index in [2.05, 4.69) is 25.9 Å². The first kappa shape index (κ1) is 10.8. The van der Waals surface area contributed by atoms with E-state index in [0.717, 1.165) is 4.47 Å². The molecule has 0 aliphatic rings. The highest BCUT2D eigenvalue weighted by atomic mass is 79.9. The van der Waals surface area contributed by atoms with Crippen LogP contribution in [0.1, 0.15) is 5.56 Å². The van der Waals surface area contributed by atoms with E-state index in [1.54, 1.807) is 36.7 Å². The normalized spacial score (nSPS) is 10.8. The van der Waals surface area contributed by atoms with Crippen molar-refractivity contribution >= 4 is 28.0 Å². The van der Waals surface area contributed by atoms with Crippen LogP contribution in [0.25, 0.3) is 0 Å². The highest BCUT2D eigenvalue weighted by molar-refractivity contribution is 9.10. The number of hydrogen-bond acceptors (Lipinski definition) is 3. The van der Waals surface area contributed by atoms with Crippen LogP contribution in [0.2, 0.25) is 0 Å². The average Bonchev–Trinajstić information content (AvgIpc) is 2.32. The minimum absolute atomic E-state index is 0.197. The lowest BCUT2D eigenvalue weighted by molar-refractivity contribution is 0.474. The van der Waals surface area contributed by atoms with Gasteiger partial charge in [0, 0.05) is 22.4 Å². The molecule has 1 heterocycles. The Bertz CT molecular complexity index is 512. The summed E-state index contributed by atoms with van der Waals surface area (Å²) in [5.74, 6) is 0.810. The van der Waals surface area contributed by atoms with E-state index in [1.807, 2.05) is 12.1 Å². The van der Waals surface area contributed by atoms with Gasteiger partial charge in [-0.25, -0.2) is 9.98 Å². The number of rotatable bonds is 2. The van der Waals surface area contributed by atoms with Gasteiger partial charge in [-0.05, 0) is 30.3 Å². The van der Waals surface area contributed by atoms with Crippen LogP contribution >= 0.6 is 15.9 Å². The lowest BCUT2D eigenvalue weighted by Gasteiger charge is -1.98. The predicted molar refractivity (Wildman–Crippen MR) is 67.3 cm³/mol. The van der Waals surface area contributed by atoms with Gasteiger partial charge >= 0.3 is 0 Å². The molecule has 16 heavy (non-hydrogen) atoms. The Morgan fingerprint density at radius 2 is 2.12 bits per heavy atom. The van der Waals surface area contributed by atoms with E-state index in [-0.39, 0.29) is 5.75 Å². The van der Waals surface area contributed by atoms with Gasteiger partial charge in [-0.1, -0.05) is 22.0 Å². The van der Waals surface area contributed by atoms with Gasteiger partial charge in [0.2, 0.25) is 0 Å². The monoisotopic (exact) mass is 276 g/mol. The predicted octanol–water partition coefficient (Wildman–Crippen LogP) is 3.30. The Hall–Kier alpha value is -1.68. The number of aromatic nitrogens is 1. The molecule has 2 aromatic rings. The molecule has 2 rings (SSSR count). The number of aromatic hydroxyl groups is 1. The third-order valence-electron chi connectivity index (χ3n) is 1.97. The highest BCUT2D eigenvalue weighted by Gasteiger charge is 1.98. The molecule has 0 spiro atoms. The van der Waals surface area contributed by atoms with Crippen LogP contribution in [0, 0.1) is 0 Å². The molecule has 0 amide bonds. The number of pyridine rings is 1. The van der Waals surface area contributed by atoms with Crippen LogP contribution in [0.15, 0.2) is 52.1 Å². The van der Waals surface area contributed by atoms with Gasteiger partial charge in [-0.2, -0.15) is 0 Å². The van der Waals surface area contributed by atoms with E-state index in [0.29, 0.717) is 11.4 Å². The molecule has 0 aliphatic heterocycles. The van der Waals surface area contributed by atoms with Crippen LogP contribution in [0.3, 0.4) is 0 Å². The topological polar surface area (TPSA) is 45.5 Å². The largest absolute Gasteiger partial charge is 0.507 e. The van der Waals surface area contributed by atoms with Gasteiger partial charge in [0.25, 0.3) is 0 Å². The quantitative estimate of drug-likeness (QED) is 0.856. The molecule has 3 nitrogen and oxygen atoms in total. The molecule has 0 bridgehead atoms. The maximum Gasteiger partial charge on any atom is 0.151 e. The summed E-state index contributed by atoms with van der Waals surface area (Å²) >= 11 is 3.33. The molecule has 4 heteroatoms. The number of nitrogens with zero attached hydrogens (tertiary/aromatic N) is 2. The van der Waals surface area contributed by atoms with Gasteiger partial charge in [0.05, 0.1) is 0 Å². The number of benzene rings is 1. The Morgan fingerprint density at radius 3 is 2.88 bits per heavy atom. The zero-order valence-corrected chi connectivity index (χ0v) is 9.92. The van der Waals surface area contributed by atoms with Gasteiger partial charge in [0.1, 0.15) is 5.75 Å². The summed E-state index contributed by atoms with van der Waals surface area (Å²) in [7, 11) is 0. The van der Waals surface area contributed by atoms with Crippen LogP contribution < -0.4 is 0 Å². The summed E-state index contributed by atoms with van der Waals surface area (Å²) in [6.07, 6.45) is 3.26. The lowest BCUT2D eigenvalue weighted by atomic mass is 10.2. The second-order valence-electron chi connectivity index (χ2n) is 3.15. The summed E-state index contributed by atoms with van der Waals surface area (Å²) in [5.41, 5.74) is 0.653. The first-order valence-electron chi connectivity index (χ1n) is 4.69. The van der Waals surface area contributed by atoms with E-state index in [9.17, 15) is 5.11 Å². The number of hydrogen-bond donors (Lipinski definition) is 1. The zero-order valence-electron chi connectivity index (χ0n) is 8.34. The van der Waals surface area contributed by atoms with Crippen LogP contribution in [0.4, 0.5) is 5.82 Å². The fraction of sp³-hybridized carbons (Fsp3) is 0. The Kier molecular flexibility index (Phi) is 3.31. The van der Waals surface area contributed by atoms with Crippen LogP contribution in [0.5, 0.6) is 5.75 Å². The van der Waals surface area contributed by atoms with Gasteiger partial charge in [0.15, 0.2) is 5.82 Å². The van der Waals surface area contributed by atoms with E-state index < -0.39 is 0 Å². The first-order chi connectivity index (χ1) is 7.75. The molecule has 0 unspecified atom stereocenters. The first-order valence-corrected chi connectivity index (χ1v) is 5.48. The second-order valence-corrected chi connectivity index (χ2v) is 4.06. The van der Waals surface area contributed by atoms with E-state index in [1.165, 1.54) is 0 Å². The van der Waals surface area contributed by atoms with Crippen molar-refractivity contribution in [1.82, 2.24) is 4.98 Å². The summed E-state index contributed by atoms with van der Waals surface area (Å²) in [6, 6.07) is 10.7. The maximum absolute atomic E-state index is 9.58. The van der Waals surface area contributed by atoms with E-state index in [4.69, 9.17) is 0 Å². The molecule has 0 aliphatic carbocycles. The fourth-order valence-corrected chi connectivity index (χ4v) is 1.57. The van der Waals surface area contributed by atoms with Crippen LogP contribution in [-0.2, 0) is 0 Å². The SMILES string of the molecule is Oc1ccc(Br)cc1C=Nc1ccccn1. The smallest absolute Gasteiger partial charge is 0.151 e. The molecule has 1 aromatic carbocycles. The molecular weight excluding hydrogens is 268 g/mol. The number of halogens is 1. The Balaban J connectivity index is 2.27. The third kappa shape index (κ3) is 2.67. The number of phenolic OH excluding ortho intramolecular Hbond substituents is 1. The molecule has 0 fully saturated rings. The van der Waals surface area contributed by atoms with E-state index >= 15 is 0 Å².